The highest BCUT2D eigenvalue weighted by Gasteiger charge is 2.45. The molecule has 0 bridgehead atoms. The summed E-state index contributed by atoms with van der Waals surface area (Å²) in [5.74, 6) is 0. The maximum atomic E-state index is 13.8. The minimum Gasteiger partial charge on any atom is -0.305 e. The Morgan fingerprint density at radius 1 is 0.762 bits per heavy atom. The van der Waals surface area contributed by atoms with Gasteiger partial charge in [-0.05, 0) is 25.2 Å². The summed E-state index contributed by atoms with van der Waals surface area (Å²) in [6.07, 6.45) is 4.24. The molecule has 3 atom stereocenters. The third-order valence-corrected chi connectivity index (χ3v) is 7.97. The van der Waals surface area contributed by atoms with Crippen LogP contribution < -0.4 is 0 Å². The van der Waals surface area contributed by atoms with E-state index in [1.165, 1.54) is 0 Å². The van der Waals surface area contributed by atoms with E-state index < -0.39 is 7.29 Å². The molecule has 0 amide bonds. The molecule has 0 spiro atoms. The lowest BCUT2D eigenvalue weighted by atomic mass is 10.1. The predicted octanol–water partition coefficient (Wildman–Crippen LogP) is 4.88. The van der Waals surface area contributed by atoms with Crippen LogP contribution in [0, 0.1) is 0 Å². The van der Waals surface area contributed by atoms with Crippen molar-refractivity contribution < 1.29 is 4.57 Å². The summed E-state index contributed by atoms with van der Waals surface area (Å²) in [6.45, 7) is 0. The molecule has 2 aromatic rings. The van der Waals surface area contributed by atoms with Crippen molar-refractivity contribution in [1.82, 2.24) is 4.67 Å². The number of hydrogen-bond donors (Lipinski definition) is 0. The third-order valence-electron chi connectivity index (χ3n) is 4.18. The molecule has 3 heteroatoms. The Kier molecular flexibility index (Phi) is 3.84. The van der Waals surface area contributed by atoms with Crippen molar-refractivity contribution in [3.8, 4) is 0 Å². The molecule has 0 saturated carbocycles. The number of rotatable bonds is 3. The molecule has 0 aromatic heterocycles. The second-order valence-corrected chi connectivity index (χ2v) is 8.87. The molecule has 2 aromatic carbocycles. The molecule has 0 saturated heterocycles. The van der Waals surface area contributed by atoms with Gasteiger partial charge >= 0.3 is 0 Å². The van der Waals surface area contributed by atoms with Gasteiger partial charge in [0, 0.05) is 0 Å². The van der Waals surface area contributed by atoms with Crippen LogP contribution in [0.15, 0.2) is 72.8 Å². The van der Waals surface area contributed by atoms with E-state index in [4.69, 9.17) is 0 Å². The Morgan fingerprint density at radius 2 is 1.14 bits per heavy atom. The van der Waals surface area contributed by atoms with Crippen LogP contribution in [0.2, 0.25) is 0 Å². The van der Waals surface area contributed by atoms with Gasteiger partial charge in [-0.25, -0.2) is 0 Å². The second-order valence-electron chi connectivity index (χ2n) is 5.62. The Morgan fingerprint density at radius 3 is 1.48 bits per heavy atom. The molecule has 1 aliphatic rings. The second kappa shape index (κ2) is 5.63. The summed E-state index contributed by atoms with van der Waals surface area (Å²) >= 11 is 0. The molecule has 0 aliphatic carbocycles. The molecule has 3 rings (SSSR count). The van der Waals surface area contributed by atoms with Crippen LogP contribution in [0.3, 0.4) is 0 Å². The van der Waals surface area contributed by atoms with Crippen LogP contribution in [0.4, 0.5) is 0 Å². The van der Waals surface area contributed by atoms with E-state index in [0.717, 1.165) is 11.1 Å². The highest BCUT2D eigenvalue weighted by molar-refractivity contribution is 7.63. The smallest absolute Gasteiger partial charge is 0.171 e. The van der Waals surface area contributed by atoms with Crippen LogP contribution in [0.1, 0.15) is 22.4 Å². The van der Waals surface area contributed by atoms with Crippen molar-refractivity contribution >= 4 is 7.29 Å². The molecule has 0 radical (unpaired) electrons. The maximum absolute atomic E-state index is 13.8. The first-order chi connectivity index (χ1) is 10.1. The molecule has 1 aliphatic heterocycles. The summed E-state index contributed by atoms with van der Waals surface area (Å²) in [7, 11) is 1.28. The first-order valence-corrected chi connectivity index (χ1v) is 8.99. The molecule has 2 nitrogen and oxygen atoms in total. The summed E-state index contributed by atoms with van der Waals surface area (Å²) in [5.41, 5.74) is 2.20. The van der Waals surface area contributed by atoms with Gasteiger partial charge in [-0.2, -0.15) is 0 Å². The Balaban J connectivity index is 2.06. The van der Waals surface area contributed by atoms with E-state index in [1.54, 1.807) is 0 Å². The monoisotopic (exact) mass is 297 g/mol. The summed E-state index contributed by atoms with van der Waals surface area (Å²) in [4.78, 5) is 0. The molecular weight excluding hydrogens is 277 g/mol. The fourth-order valence-corrected chi connectivity index (χ4v) is 6.31. The van der Waals surface area contributed by atoms with E-state index >= 15 is 0 Å². The van der Waals surface area contributed by atoms with Gasteiger partial charge in [0.2, 0.25) is 0 Å². The molecule has 0 fully saturated rings. The van der Waals surface area contributed by atoms with Gasteiger partial charge in [0.25, 0.3) is 0 Å². The molecule has 1 heterocycles. The minimum atomic E-state index is -2.58. The van der Waals surface area contributed by atoms with Gasteiger partial charge in [-0.3, -0.25) is 4.67 Å². The standard InChI is InChI=1S/C18H20NOP/c1-19(2)21(20)17(15-9-5-3-6-10-15)13-14-18(21)16-11-7-4-8-12-16/h3-14,17-18H,1-2H3/t17-,18+,21?. The number of allylic oxidation sites excluding steroid dienone is 2. The molecule has 21 heavy (non-hydrogen) atoms. The topological polar surface area (TPSA) is 20.3 Å². The average molecular weight is 297 g/mol. The van der Waals surface area contributed by atoms with Gasteiger partial charge in [-0.15, -0.1) is 0 Å². The Bertz CT molecular complexity index is 625. The highest BCUT2D eigenvalue weighted by Crippen LogP contribution is 2.74. The van der Waals surface area contributed by atoms with Crippen molar-refractivity contribution in [3.05, 3.63) is 83.9 Å². The largest absolute Gasteiger partial charge is 0.305 e. The van der Waals surface area contributed by atoms with Crippen LogP contribution in [0.5, 0.6) is 0 Å². The minimum absolute atomic E-state index is 0.0288. The van der Waals surface area contributed by atoms with Crippen molar-refractivity contribution in [2.45, 2.75) is 11.3 Å². The lowest BCUT2D eigenvalue weighted by Crippen LogP contribution is -2.15. The Labute approximate surface area is 126 Å². The van der Waals surface area contributed by atoms with Gasteiger partial charge in [0.05, 0.1) is 11.3 Å². The van der Waals surface area contributed by atoms with Crippen molar-refractivity contribution in [2.24, 2.45) is 0 Å². The number of benzene rings is 2. The first-order valence-electron chi connectivity index (χ1n) is 7.19. The first kappa shape index (κ1) is 14.3. The van der Waals surface area contributed by atoms with E-state index in [0.29, 0.717) is 0 Å². The van der Waals surface area contributed by atoms with Crippen LogP contribution in [-0.2, 0) is 4.57 Å². The van der Waals surface area contributed by atoms with Gasteiger partial charge in [0.1, 0.15) is 0 Å². The van der Waals surface area contributed by atoms with E-state index in [1.807, 2.05) is 55.2 Å². The third kappa shape index (κ3) is 2.39. The van der Waals surface area contributed by atoms with Crippen LogP contribution >= 0.6 is 7.29 Å². The van der Waals surface area contributed by atoms with Crippen LogP contribution in [-0.4, -0.2) is 18.8 Å². The maximum Gasteiger partial charge on any atom is 0.171 e. The fourth-order valence-electron chi connectivity index (χ4n) is 3.08. The Hall–Kier alpha value is -1.63. The number of nitrogens with zero attached hydrogens (tertiary/aromatic N) is 1. The normalized spacial score (nSPS) is 28.1. The van der Waals surface area contributed by atoms with Gasteiger partial charge in [-0.1, -0.05) is 72.8 Å². The summed E-state index contributed by atoms with van der Waals surface area (Å²) in [5, 5.41) is 0. The number of hydrogen-bond acceptors (Lipinski definition) is 1. The molecule has 108 valence electrons. The van der Waals surface area contributed by atoms with Gasteiger partial charge in [0.15, 0.2) is 7.29 Å². The quantitative estimate of drug-likeness (QED) is 0.594. The fraction of sp³-hybridized carbons (Fsp3) is 0.222. The zero-order chi connectivity index (χ0) is 14.9. The molecular formula is C18H20NOP. The van der Waals surface area contributed by atoms with E-state index in [9.17, 15) is 4.57 Å². The predicted molar refractivity (Wildman–Crippen MR) is 88.8 cm³/mol. The van der Waals surface area contributed by atoms with Crippen molar-refractivity contribution in [3.63, 3.8) is 0 Å². The van der Waals surface area contributed by atoms with Crippen molar-refractivity contribution in [2.75, 3.05) is 14.1 Å². The molecule has 0 N–H and O–H groups in total. The summed E-state index contributed by atoms with van der Waals surface area (Å²) < 4.78 is 15.8. The zero-order valence-electron chi connectivity index (χ0n) is 12.4. The zero-order valence-corrected chi connectivity index (χ0v) is 13.3. The van der Waals surface area contributed by atoms with Crippen molar-refractivity contribution in [1.29, 1.82) is 0 Å². The van der Waals surface area contributed by atoms with Gasteiger partial charge < -0.3 is 4.57 Å². The molecule has 1 unspecified atom stereocenters. The lowest BCUT2D eigenvalue weighted by Gasteiger charge is -2.32. The SMILES string of the molecule is CN(C)P1(=O)[C@@H](c2ccccc2)C=C[C@H]1c1ccccc1. The van der Waals surface area contributed by atoms with E-state index in [-0.39, 0.29) is 11.3 Å². The summed E-state index contributed by atoms with van der Waals surface area (Å²) in [6, 6.07) is 20.3. The van der Waals surface area contributed by atoms with Crippen LogP contribution in [0.25, 0.3) is 0 Å². The lowest BCUT2D eigenvalue weighted by molar-refractivity contribution is 0.505. The van der Waals surface area contributed by atoms with E-state index in [2.05, 4.69) is 36.4 Å². The average Bonchev–Trinajstić information content (AvgIpc) is 2.88. The highest BCUT2D eigenvalue weighted by atomic mass is 31.2.